The molecule has 3 rings (SSSR count). The van der Waals surface area contributed by atoms with Crippen molar-refractivity contribution in [1.29, 1.82) is 10.5 Å². The Morgan fingerprint density at radius 2 is 1.93 bits per heavy atom. The van der Waals surface area contributed by atoms with E-state index in [0.29, 0.717) is 32.7 Å². The van der Waals surface area contributed by atoms with Gasteiger partial charge in [-0.1, -0.05) is 35.3 Å². The van der Waals surface area contributed by atoms with Gasteiger partial charge >= 0.3 is 0 Å². The van der Waals surface area contributed by atoms with Crippen LogP contribution in [0.3, 0.4) is 0 Å². The van der Waals surface area contributed by atoms with Crippen LogP contribution in [0.25, 0.3) is 6.08 Å². The van der Waals surface area contributed by atoms with E-state index >= 15 is 0 Å². The molecule has 1 N–H and O–H groups in total. The highest BCUT2D eigenvalue weighted by atomic mass is 35.5. The van der Waals surface area contributed by atoms with E-state index in [-0.39, 0.29) is 5.57 Å². The van der Waals surface area contributed by atoms with E-state index in [2.05, 4.69) is 10.3 Å². The molecule has 1 amide bonds. The minimum Gasteiger partial charge on any atom is -0.297 e. The van der Waals surface area contributed by atoms with Crippen LogP contribution in [0, 0.1) is 22.7 Å². The number of benzene rings is 2. The standard InChI is InChI=1S/C21H12Cl2N4OS/c22-17-5-6-19(23)15(8-17)9-18-12-26-21(29-18)27-20(28)16(11-25)7-13-1-3-14(10-24)4-2-13/h1-8,12H,9H2,(H,26,27,28)/b16-7+. The minimum atomic E-state index is -0.557. The summed E-state index contributed by atoms with van der Waals surface area (Å²) in [5.74, 6) is -0.557. The first-order chi connectivity index (χ1) is 14.0. The Bertz CT molecular complexity index is 1170. The van der Waals surface area contributed by atoms with Crippen molar-refractivity contribution in [2.45, 2.75) is 6.42 Å². The molecule has 0 radical (unpaired) electrons. The summed E-state index contributed by atoms with van der Waals surface area (Å²) in [5.41, 5.74) is 1.94. The van der Waals surface area contributed by atoms with E-state index in [1.807, 2.05) is 12.1 Å². The first kappa shape index (κ1) is 20.6. The summed E-state index contributed by atoms with van der Waals surface area (Å²) in [6.45, 7) is 0. The van der Waals surface area contributed by atoms with Gasteiger partial charge in [0, 0.05) is 27.5 Å². The molecule has 0 spiro atoms. The fraction of sp³-hybridized carbons (Fsp3) is 0.0476. The maximum absolute atomic E-state index is 12.4. The summed E-state index contributed by atoms with van der Waals surface area (Å²) in [5, 5.41) is 22.4. The van der Waals surface area contributed by atoms with Crippen LogP contribution in [0.15, 0.2) is 54.2 Å². The number of nitriles is 2. The number of carbonyl (C=O) groups is 1. The minimum absolute atomic E-state index is 0.0654. The Kier molecular flexibility index (Phi) is 6.64. The molecule has 29 heavy (non-hydrogen) atoms. The van der Waals surface area contributed by atoms with Crippen LogP contribution in [0.5, 0.6) is 0 Å². The Hall–Kier alpha value is -3.16. The van der Waals surface area contributed by atoms with Crippen molar-refractivity contribution < 1.29 is 4.79 Å². The lowest BCUT2D eigenvalue weighted by Gasteiger charge is -2.03. The molecule has 0 atom stereocenters. The van der Waals surface area contributed by atoms with Crippen molar-refractivity contribution in [2.75, 3.05) is 5.32 Å². The zero-order chi connectivity index (χ0) is 20.8. The monoisotopic (exact) mass is 438 g/mol. The van der Waals surface area contributed by atoms with Gasteiger partial charge in [-0.15, -0.1) is 11.3 Å². The molecule has 1 heterocycles. The highest BCUT2D eigenvalue weighted by molar-refractivity contribution is 7.15. The molecule has 0 aliphatic rings. The van der Waals surface area contributed by atoms with E-state index < -0.39 is 5.91 Å². The lowest BCUT2D eigenvalue weighted by molar-refractivity contribution is -0.112. The van der Waals surface area contributed by atoms with Gasteiger partial charge in [-0.25, -0.2) is 4.98 Å². The smallest absolute Gasteiger partial charge is 0.268 e. The molecule has 0 aliphatic carbocycles. The Balaban J connectivity index is 1.71. The Morgan fingerprint density at radius 1 is 1.17 bits per heavy atom. The number of aromatic nitrogens is 1. The first-order valence-electron chi connectivity index (χ1n) is 8.30. The van der Waals surface area contributed by atoms with Gasteiger partial charge in [0.25, 0.3) is 5.91 Å². The SMILES string of the molecule is N#C/C(=C\c1ccc(C#N)cc1)C(=O)Nc1ncc(Cc2cc(Cl)ccc2Cl)s1. The number of nitrogens with zero attached hydrogens (tertiary/aromatic N) is 3. The van der Waals surface area contributed by atoms with E-state index in [4.69, 9.17) is 28.5 Å². The van der Waals surface area contributed by atoms with Crippen molar-refractivity contribution >= 4 is 51.7 Å². The van der Waals surface area contributed by atoms with Gasteiger partial charge < -0.3 is 0 Å². The third-order valence-electron chi connectivity index (χ3n) is 3.86. The molecule has 0 unspecified atom stereocenters. The molecular formula is C21H12Cl2N4OS. The maximum Gasteiger partial charge on any atom is 0.268 e. The average molecular weight is 439 g/mol. The van der Waals surface area contributed by atoms with Crippen molar-refractivity contribution in [3.8, 4) is 12.1 Å². The van der Waals surface area contributed by atoms with E-state index in [1.165, 1.54) is 17.4 Å². The fourth-order valence-corrected chi connectivity index (χ4v) is 3.66. The van der Waals surface area contributed by atoms with Gasteiger partial charge in [0.1, 0.15) is 11.6 Å². The molecule has 142 valence electrons. The molecule has 0 aliphatic heterocycles. The van der Waals surface area contributed by atoms with Crippen LogP contribution in [0.4, 0.5) is 5.13 Å². The Labute approximate surface area is 181 Å². The maximum atomic E-state index is 12.4. The van der Waals surface area contributed by atoms with Crippen molar-refractivity contribution in [3.63, 3.8) is 0 Å². The van der Waals surface area contributed by atoms with E-state index in [9.17, 15) is 10.1 Å². The number of anilines is 1. The topological polar surface area (TPSA) is 89.6 Å². The highest BCUT2D eigenvalue weighted by Gasteiger charge is 2.13. The van der Waals surface area contributed by atoms with Crippen molar-refractivity contribution in [3.05, 3.63) is 85.8 Å². The third kappa shape index (κ3) is 5.43. The van der Waals surface area contributed by atoms with Gasteiger partial charge in [0.05, 0.1) is 11.6 Å². The molecule has 0 saturated carbocycles. The zero-order valence-corrected chi connectivity index (χ0v) is 17.1. The number of carbonyl (C=O) groups excluding carboxylic acids is 1. The van der Waals surface area contributed by atoms with Crippen LogP contribution in [-0.4, -0.2) is 10.9 Å². The molecule has 5 nitrogen and oxygen atoms in total. The summed E-state index contributed by atoms with van der Waals surface area (Å²) in [6.07, 6.45) is 3.63. The predicted molar refractivity (Wildman–Crippen MR) is 115 cm³/mol. The average Bonchev–Trinajstić information content (AvgIpc) is 3.16. The van der Waals surface area contributed by atoms with Crippen molar-refractivity contribution in [1.82, 2.24) is 4.98 Å². The molecule has 3 aromatic rings. The number of hydrogen-bond acceptors (Lipinski definition) is 5. The lowest BCUT2D eigenvalue weighted by Crippen LogP contribution is -2.13. The van der Waals surface area contributed by atoms with Gasteiger partial charge in [0.15, 0.2) is 5.13 Å². The van der Waals surface area contributed by atoms with Crippen LogP contribution in [-0.2, 0) is 11.2 Å². The summed E-state index contributed by atoms with van der Waals surface area (Å²) < 4.78 is 0. The molecule has 0 fully saturated rings. The number of hydrogen-bond donors (Lipinski definition) is 1. The number of thiazole rings is 1. The van der Waals surface area contributed by atoms with Crippen molar-refractivity contribution in [2.24, 2.45) is 0 Å². The fourth-order valence-electron chi connectivity index (χ4n) is 2.45. The van der Waals surface area contributed by atoms with Crippen LogP contribution in [0.1, 0.15) is 21.6 Å². The predicted octanol–water partition coefficient (Wildman–Crippen LogP) is 5.46. The summed E-state index contributed by atoms with van der Waals surface area (Å²) in [6, 6.07) is 15.7. The summed E-state index contributed by atoms with van der Waals surface area (Å²) >= 11 is 13.5. The second-order valence-electron chi connectivity index (χ2n) is 5.90. The van der Waals surface area contributed by atoms with E-state index in [0.717, 1.165) is 10.4 Å². The summed E-state index contributed by atoms with van der Waals surface area (Å²) in [7, 11) is 0. The normalized spacial score (nSPS) is 10.8. The van der Waals surface area contributed by atoms with Gasteiger partial charge in [-0.2, -0.15) is 10.5 Å². The van der Waals surface area contributed by atoms with Crippen LogP contribution < -0.4 is 5.32 Å². The molecule has 0 saturated heterocycles. The quantitative estimate of drug-likeness (QED) is 0.422. The van der Waals surface area contributed by atoms with Crippen LogP contribution in [0.2, 0.25) is 10.0 Å². The molecule has 1 aromatic heterocycles. The molecular weight excluding hydrogens is 427 g/mol. The molecule has 2 aromatic carbocycles. The highest BCUT2D eigenvalue weighted by Crippen LogP contribution is 2.27. The van der Waals surface area contributed by atoms with Crippen LogP contribution >= 0.6 is 34.5 Å². The largest absolute Gasteiger partial charge is 0.297 e. The number of nitrogens with one attached hydrogen (secondary N) is 1. The third-order valence-corrected chi connectivity index (χ3v) is 5.38. The second-order valence-corrected chi connectivity index (χ2v) is 7.86. The van der Waals surface area contributed by atoms with E-state index in [1.54, 1.807) is 48.7 Å². The van der Waals surface area contributed by atoms with Gasteiger partial charge in [-0.05, 0) is 47.5 Å². The number of rotatable bonds is 5. The van der Waals surface area contributed by atoms with Gasteiger partial charge in [0.2, 0.25) is 0 Å². The molecule has 8 heteroatoms. The van der Waals surface area contributed by atoms with Gasteiger partial charge in [-0.3, -0.25) is 10.1 Å². The second kappa shape index (κ2) is 9.36. The lowest BCUT2D eigenvalue weighted by atomic mass is 10.1. The number of amides is 1. The summed E-state index contributed by atoms with van der Waals surface area (Å²) in [4.78, 5) is 17.5. The first-order valence-corrected chi connectivity index (χ1v) is 9.87. The molecule has 0 bridgehead atoms. The number of halogens is 2. The zero-order valence-electron chi connectivity index (χ0n) is 14.8. The Morgan fingerprint density at radius 3 is 2.62 bits per heavy atom.